The van der Waals surface area contributed by atoms with E-state index in [-0.39, 0.29) is 0 Å². The molecule has 0 unspecified atom stereocenters. The van der Waals surface area contributed by atoms with Gasteiger partial charge in [-0.25, -0.2) is 0 Å². The van der Waals surface area contributed by atoms with Crippen LogP contribution in [0.4, 0.5) is 0 Å². The summed E-state index contributed by atoms with van der Waals surface area (Å²) in [4.78, 5) is 0. The minimum absolute atomic E-state index is 0.553. The fourth-order valence-electron chi connectivity index (χ4n) is 2.06. The lowest BCUT2D eigenvalue weighted by Crippen LogP contribution is -2.00. The number of hydrogen-bond acceptors (Lipinski definition) is 2. The van der Waals surface area contributed by atoms with Gasteiger partial charge in [-0.3, -0.25) is 0 Å². The van der Waals surface area contributed by atoms with Crippen LogP contribution in [0.3, 0.4) is 0 Å². The first-order chi connectivity index (χ1) is 10.3. The summed E-state index contributed by atoms with van der Waals surface area (Å²) >= 11 is 3.46. The lowest BCUT2D eigenvalue weighted by atomic mass is 10.1. The van der Waals surface area contributed by atoms with E-state index in [4.69, 9.17) is 9.47 Å². The molecule has 0 N–H and O–H groups in total. The Morgan fingerprint density at radius 1 is 0.810 bits per heavy atom. The van der Waals surface area contributed by atoms with Crippen LogP contribution in [0.25, 0.3) is 0 Å². The van der Waals surface area contributed by atoms with Gasteiger partial charge in [-0.2, -0.15) is 0 Å². The van der Waals surface area contributed by atoms with Gasteiger partial charge in [0.25, 0.3) is 0 Å². The average Bonchev–Trinajstić information content (AvgIpc) is 2.54. The zero-order valence-corrected chi connectivity index (χ0v) is 14.2. The van der Waals surface area contributed by atoms with Gasteiger partial charge in [0.15, 0.2) is 11.5 Å². The average molecular weight is 349 g/mol. The molecular formula is C18H21BrO2. The second-order valence-corrected chi connectivity index (χ2v) is 5.37. The highest BCUT2D eigenvalue weighted by Crippen LogP contribution is 2.30. The first-order valence-corrected chi connectivity index (χ1v) is 8.41. The van der Waals surface area contributed by atoms with Crippen molar-refractivity contribution in [3.8, 4) is 11.5 Å². The number of benzene rings is 2. The maximum absolute atomic E-state index is 5.91. The van der Waals surface area contributed by atoms with E-state index in [1.807, 2.05) is 25.1 Å². The second kappa shape index (κ2) is 8.08. The van der Waals surface area contributed by atoms with E-state index in [1.54, 1.807) is 0 Å². The molecule has 0 fully saturated rings. The standard InChI is InChI=1S/C18H21BrO2/c1-3-14-5-7-15(8-6-14)13-21-17-10-9-16(12-19)11-18(17)20-4-2/h5-11H,3-4,12-13H2,1-2H3. The summed E-state index contributed by atoms with van der Waals surface area (Å²) in [6.07, 6.45) is 1.06. The van der Waals surface area contributed by atoms with Crippen molar-refractivity contribution < 1.29 is 9.47 Å². The van der Waals surface area contributed by atoms with Crippen molar-refractivity contribution >= 4 is 15.9 Å². The lowest BCUT2D eigenvalue weighted by molar-refractivity contribution is 0.269. The Morgan fingerprint density at radius 2 is 1.48 bits per heavy atom. The van der Waals surface area contributed by atoms with Gasteiger partial charge in [0.1, 0.15) is 6.61 Å². The predicted molar refractivity (Wildman–Crippen MR) is 90.4 cm³/mol. The van der Waals surface area contributed by atoms with E-state index in [0.717, 1.165) is 23.2 Å². The number of hydrogen-bond donors (Lipinski definition) is 0. The molecule has 0 saturated heterocycles. The van der Waals surface area contributed by atoms with E-state index >= 15 is 0 Å². The fraction of sp³-hybridized carbons (Fsp3) is 0.333. The van der Waals surface area contributed by atoms with Crippen molar-refractivity contribution in [3.63, 3.8) is 0 Å². The number of aryl methyl sites for hydroxylation is 1. The topological polar surface area (TPSA) is 18.5 Å². The van der Waals surface area contributed by atoms with E-state index in [9.17, 15) is 0 Å². The number of alkyl halides is 1. The van der Waals surface area contributed by atoms with Crippen molar-refractivity contribution in [2.75, 3.05) is 6.61 Å². The smallest absolute Gasteiger partial charge is 0.161 e. The normalized spacial score (nSPS) is 10.4. The number of ether oxygens (including phenoxy) is 2. The maximum Gasteiger partial charge on any atom is 0.161 e. The Balaban J connectivity index is 2.07. The van der Waals surface area contributed by atoms with Crippen LogP contribution in [-0.4, -0.2) is 6.61 Å². The molecule has 2 aromatic carbocycles. The molecule has 3 heteroatoms. The minimum Gasteiger partial charge on any atom is -0.490 e. The molecular weight excluding hydrogens is 328 g/mol. The van der Waals surface area contributed by atoms with Crippen molar-refractivity contribution in [1.29, 1.82) is 0 Å². The summed E-state index contributed by atoms with van der Waals surface area (Å²) in [7, 11) is 0. The molecule has 0 amide bonds. The van der Waals surface area contributed by atoms with Crippen LogP contribution in [0.1, 0.15) is 30.5 Å². The zero-order valence-electron chi connectivity index (χ0n) is 12.6. The molecule has 0 atom stereocenters. The van der Waals surface area contributed by atoms with Crippen LogP contribution in [0.5, 0.6) is 11.5 Å². The second-order valence-electron chi connectivity index (χ2n) is 4.81. The monoisotopic (exact) mass is 348 g/mol. The highest BCUT2D eigenvalue weighted by Gasteiger charge is 2.06. The molecule has 2 rings (SSSR count). The quantitative estimate of drug-likeness (QED) is 0.646. The molecule has 2 aromatic rings. The Hall–Kier alpha value is -1.48. The van der Waals surface area contributed by atoms with Gasteiger partial charge < -0.3 is 9.47 Å². The zero-order chi connectivity index (χ0) is 15.1. The highest BCUT2D eigenvalue weighted by atomic mass is 79.9. The molecule has 0 heterocycles. The van der Waals surface area contributed by atoms with Gasteiger partial charge in [-0.15, -0.1) is 0 Å². The fourth-order valence-corrected chi connectivity index (χ4v) is 2.40. The van der Waals surface area contributed by atoms with E-state index in [0.29, 0.717) is 13.2 Å². The molecule has 0 radical (unpaired) electrons. The van der Waals surface area contributed by atoms with Gasteiger partial charge in [0.2, 0.25) is 0 Å². The molecule has 0 aliphatic carbocycles. The summed E-state index contributed by atoms with van der Waals surface area (Å²) < 4.78 is 11.6. The third-order valence-corrected chi connectivity index (χ3v) is 3.94. The van der Waals surface area contributed by atoms with Gasteiger partial charge >= 0.3 is 0 Å². The van der Waals surface area contributed by atoms with Gasteiger partial charge in [-0.1, -0.05) is 53.2 Å². The molecule has 21 heavy (non-hydrogen) atoms. The summed E-state index contributed by atoms with van der Waals surface area (Å²) in [6.45, 7) is 5.32. The van der Waals surface area contributed by atoms with Crippen LogP contribution in [0.15, 0.2) is 42.5 Å². The Morgan fingerprint density at radius 3 is 2.10 bits per heavy atom. The van der Waals surface area contributed by atoms with Gasteiger partial charge in [0.05, 0.1) is 6.61 Å². The Labute approximate surface area is 135 Å². The molecule has 0 saturated carbocycles. The molecule has 0 aromatic heterocycles. The van der Waals surface area contributed by atoms with Crippen LogP contribution in [0, 0.1) is 0 Å². The first kappa shape index (κ1) is 15.9. The summed E-state index contributed by atoms with van der Waals surface area (Å²) in [5, 5.41) is 0.811. The number of halogens is 1. The van der Waals surface area contributed by atoms with E-state index in [2.05, 4.69) is 47.1 Å². The largest absolute Gasteiger partial charge is 0.490 e. The van der Waals surface area contributed by atoms with Crippen molar-refractivity contribution in [1.82, 2.24) is 0 Å². The molecule has 0 spiro atoms. The summed E-state index contributed by atoms with van der Waals surface area (Å²) in [5.41, 5.74) is 3.69. The Kier molecular flexibility index (Phi) is 6.12. The van der Waals surface area contributed by atoms with Gasteiger partial charge in [0, 0.05) is 5.33 Å². The highest BCUT2D eigenvalue weighted by molar-refractivity contribution is 9.08. The number of rotatable bonds is 7. The first-order valence-electron chi connectivity index (χ1n) is 7.29. The predicted octanol–water partition coefficient (Wildman–Crippen LogP) is 5.12. The minimum atomic E-state index is 0.553. The Bertz CT molecular complexity index is 564. The molecule has 0 bridgehead atoms. The van der Waals surface area contributed by atoms with Crippen molar-refractivity contribution in [2.24, 2.45) is 0 Å². The third-order valence-electron chi connectivity index (χ3n) is 3.29. The summed E-state index contributed by atoms with van der Waals surface area (Å²) in [5.74, 6) is 1.60. The molecule has 112 valence electrons. The van der Waals surface area contributed by atoms with Crippen molar-refractivity contribution in [3.05, 3.63) is 59.2 Å². The van der Waals surface area contributed by atoms with E-state index in [1.165, 1.54) is 16.7 Å². The van der Waals surface area contributed by atoms with Crippen LogP contribution >= 0.6 is 15.9 Å². The van der Waals surface area contributed by atoms with Crippen LogP contribution in [-0.2, 0) is 18.4 Å². The van der Waals surface area contributed by atoms with Crippen LogP contribution in [0.2, 0.25) is 0 Å². The maximum atomic E-state index is 5.91. The lowest BCUT2D eigenvalue weighted by Gasteiger charge is -2.13. The molecule has 0 aliphatic rings. The van der Waals surface area contributed by atoms with Crippen LogP contribution < -0.4 is 9.47 Å². The van der Waals surface area contributed by atoms with Gasteiger partial charge in [-0.05, 0) is 42.2 Å². The molecule has 0 aliphatic heterocycles. The SMILES string of the molecule is CCOc1cc(CBr)ccc1OCc1ccc(CC)cc1. The van der Waals surface area contributed by atoms with Crippen molar-refractivity contribution in [2.45, 2.75) is 32.2 Å². The summed E-state index contributed by atoms with van der Waals surface area (Å²) in [6, 6.07) is 14.6. The molecule has 2 nitrogen and oxygen atoms in total. The van der Waals surface area contributed by atoms with E-state index < -0.39 is 0 Å². The third kappa shape index (κ3) is 4.50.